The minimum Gasteiger partial charge on any atom is -0.395 e. The molecule has 0 bridgehead atoms. The molecule has 102 valence electrons. The Hall–Kier alpha value is -1.82. The fourth-order valence-corrected chi connectivity index (χ4v) is 2.55. The first-order valence-corrected chi connectivity index (χ1v) is 7.23. The second-order valence-corrected chi connectivity index (χ2v) is 5.33. The lowest BCUT2D eigenvalue weighted by Crippen LogP contribution is -2.26. The Morgan fingerprint density at radius 1 is 1.53 bits per heavy atom. The van der Waals surface area contributed by atoms with Crippen molar-refractivity contribution in [2.75, 3.05) is 12.3 Å². The van der Waals surface area contributed by atoms with Crippen LogP contribution in [-0.2, 0) is 12.8 Å². The molecule has 0 aliphatic heterocycles. The van der Waals surface area contributed by atoms with Gasteiger partial charge in [0.1, 0.15) is 0 Å². The van der Waals surface area contributed by atoms with Crippen molar-refractivity contribution in [1.82, 2.24) is 15.5 Å². The average Bonchev–Trinajstić information content (AvgIpc) is 3.01. The van der Waals surface area contributed by atoms with E-state index >= 15 is 0 Å². The Labute approximate surface area is 116 Å². The van der Waals surface area contributed by atoms with E-state index in [1.807, 2.05) is 11.4 Å². The zero-order valence-corrected chi connectivity index (χ0v) is 11.7. The largest absolute Gasteiger partial charge is 0.395 e. The number of aromatic amines is 1. The molecule has 2 heterocycles. The van der Waals surface area contributed by atoms with Crippen molar-refractivity contribution in [2.24, 2.45) is 0 Å². The van der Waals surface area contributed by atoms with Gasteiger partial charge in [-0.3, -0.25) is 9.89 Å². The molecule has 5 nitrogen and oxygen atoms in total. The quantitative estimate of drug-likeness (QED) is 0.755. The molecule has 0 unspecified atom stereocenters. The summed E-state index contributed by atoms with van der Waals surface area (Å²) < 4.78 is 0. The number of nitrogens with one attached hydrogen (secondary N) is 2. The summed E-state index contributed by atoms with van der Waals surface area (Å²) in [6.45, 7) is 2.65. The summed E-state index contributed by atoms with van der Waals surface area (Å²) in [5.41, 5.74) is 7.51. The van der Waals surface area contributed by atoms with Crippen LogP contribution in [0.2, 0.25) is 0 Å². The molecule has 0 fully saturated rings. The molecule has 0 spiro atoms. The zero-order valence-electron chi connectivity index (χ0n) is 10.9. The lowest BCUT2D eigenvalue weighted by molar-refractivity contribution is 0.0950. The summed E-state index contributed by atoms with van der Waals surface area (Å²) in [6, 6.07) is 4.06. The summed E-state index contributed by atoms with van der Waals surface area (Å²) in [7, 11) is 0. The summed E-state index contributed by atoms with van der Waals surface area (Å²) in [5.74, 6) is -0.215. The number of nitrogen functional groups attached to an aromatic ring is 1. The van der Waals surface area contributed by atoms with E-state index in [1.54, 1.807) is 11.3 Å². The van der Waals surface area contributed by atoms with Gasteiger partial charge in [0.2, 0.25) is 0 Å². The molecule has 0 saturated carbocycles. The monoisotopic (exact) mass is 278 g/mol. The van der Waals surface area contributed by atoms with Crippen molar-refractivity contribution >= 4 is 22.9 Å². The summed E-state index contributed by atoms with van der Waals surface area (Å²) >= 11 is 1.69. The van der Waals surface area contributed by atoms with E-state index in [0.717, 1.165) is 25.0 Å². The lowest BCUT2D eigenvalue weighted by atomic mass is 10.2. The molecule has 6 heteroatoms. The fourth-order valence-electron chi connectivity index (χ4n) is 1.84. The topological polar surface area (TPSA) is 83.8 Å². The number of rotatable bonds is 6. The van der Waals surface area contributed by atoms with E-state index < -0.39 is 0 Å². The molecule has 0 saturated heterocycles. The molecule has 0 radical (unpaired) electrons. The molecule has 1 amide bonds. The van der Waals surface area contributed by atoms with Gasteiger partial charge in [-0.05, 0) is 24.3 Å². The van der Waals surface area contributed by atoms with Crippen LogP contribution in [0.25, 0.3) is 0 Å². The molecular formula is C13H18N4OS. The third-order valence-electron chi connectivity index (χ3n) is 2.84. The molecule has 19 heavy (non-hydrogen) atoms. The second-order valence-electron chi connectivity index (χ2n) is 4.30. The van der Waals surface area contributed by atoms with Crippen molar-refractivity contribution in [1.29, 1.82) is 0 Å². The Bertz CT molecular complexity index is 533. The summed E-state index contributed by atoms with van der Waals surface area (Å²) in [6.07, 6.45) is 2.60. The van der Waals surface area contributed by atoms with Gasteiger partial charge in [-0.15, -0.1) is 11.3 Å². The first-order valence-electron chi connectivity index (χ1n) is 6.35. The number of nitrogens with zero attached hydrogens (tertiary/aromatic N) is 1. The maximum absolute atomic E-state index is 11.9. The van der Waals surface area contributed by atoms with Gasteiger partial charge in [0.15, 0.2) is 5.69 Å². The van der Waals surface area contributed by atoms with Crippen molar-refractivity contribution in [3.05, 3.63) is 33.8 Å². The van der Waals surface area contributed by atoms with Gasteiger partial charge in [-0.2, -0.15) is 5.10 Å². The fraction of sp³-hybridized carbons (Fsp3) is 0.385. The number of aromatic nitrogens is 2. The zero-order chi connectivity index (χ0) is 13.7. The highest BCUT2D eigenvalue weighted by atomic mass is 32.1. The summed E-state index contributed by atoms with van der Waals surface area (Å²) in [4.78, 5) is 13.2. The third-order valence-corrected chi connectivity index (χ3v) is 3.77. The SMILES string of the molecule is CCCc1[nH]nc(C(=O)NCCc2cccs2)c1N. The van der Waals surface area contributed by atoms with Crippen LogP contribution in [0.5, 0.6) is 0 Å². The highest BCUT2D eigenvalue weighted by Crippen LogP contribution is 2.15. The number of carbonyl (C=O) groups excluding carboxylic acids is 1. The number of H-pyrrole nitrogens is 1. The van der Waals surface area contributed by atoms with Crippen LogP contribution in [0.4, 0.5) is 5.69 Å². The molecule has 2 aromatic heterocycles. The van der Waals surface area contributed by atoms with Crippen molar-refractivity contribution < 1.29 is 4.79 Å². The van der Waals surface area contributed by atoms with Gasteiger partial charge in [-0.25, -0.2) is 0 Å². The molecular weight excluding hydrogens is 260 g/mol. The molecule has 2 rings (SSSR count). The maximum Gasteiger partial charge on any atom is 0.273 e. The minimum atomic E-state index is -0.215. The first kappa shape index (κ1) is 13.6. The molecule has 0 aliphatic carbocycles. The highest BCUT2D eigenvalue weighted by molar-refractivity contribution is 7.09. The van der Waals surface area contributed by atoms with Crippen LogP contribution >= 0.6 is 11.3 Å². The van der Waals surface area contributed by atoms with Gasteiger partial charge in [-0.1, -0.05) is 19.4 Å². The van der Waals surface area contributed by atoms with Gasteiger partial charge in [0, 0.05) is 11.4 Å². The number of thiophene rings is 1. The molecule has 0 aliphatic rings. The number of amides is 1. The van der Waals surface area contributed by atoms with E-state index in [1.165, 1.54) is 4.88 Å². The highest BCUT2D eigenvalue weighted by Gasteiger charge is 2.16. The number of nitrogens with two attached hydrogens (primary N) is 1. The van der Waals surface area contributed by atoms with Crippen LogP contribution < -0.4 is 11.1 Å². The normalized spacial score (nSPS) is 10.6. The summed E-state index contributed by atoms with van der Waals surface area (Å²) in [5, 5.41) is 11.7. The Kier molecular flexibility index (Phi) is 4.57. The lowest BCUT2D eigenvalue weighted by Gasteiger charge is -2.02. The average molecular weight is 278 g/mol. The van der Waals surface area contributed by atoms with E-state index in [0.29, 0.717) is 17.9 Å². The van der Waals surface area contributed by atoms with Gasteiger partial charge in [0.05, 0.1) is 11.4 Å². The number of aryl methyl sites for hydroxylation is 1. The predicted octanol–water partition coefficient (Wildman–Crippen LogP) is 1.98. The second kappa shape index (κ2) is 6.38. The van der Waals surface area contributed by atoms with E-state index in [-0.39, 0.29) is 5.91 Å². The Balaban J connectivity index is 1.89. The Morgan fingerprint density at radius 3 is 3.05 bits per heavy atom. The van der Waals surface area contributed by atoms with Crippen LogP contribution in [-0.4, -0.2) is 22.6 Å². The third kappa shape index (κ3) is 3.35. The number of hydrogen-bond donors (Lipinski definition) is 3. The minimum absolute atomic E-state index is 0.215. The predicted molar refractivity (Wildman–Crippen MR) is 77.4 cm³/mol. The number of carbonyl (C=O) groups is 1. The van der Waals surface area contributed by atoms with Crippen LogP contribution in [0.15, 0.2) is 17.5 Å². The van der Waals surface area contributed by atoms with Crippen LogP contribution in [0.1, 0.15) is 34.4 Å². The van der Waals surface area contributed by atoms with Crippen LogP contribution in [0, 0.1) is 0 Å². The van der Waals surface area contributed by atoms with E-state index in [2.05, 4.69) is 28.5 Å². The Morgan fingerprint density at radius 2 is 2.37 bits per heavy atom. The van der Waals surface area contributed by atoms with Crippen molar-refractivity contribution in [3.63, 3.8) is 0 Å². The van der Waals surface area contributed by atoms with Crippen LogP contribution in [0.3, 0.4) is 0 Å². The first-order chi connectivity index (χ1) is 9.22. The maximum atomic E-state index is 11.9. The molecule has 2 aromatic rings. The molecule has 4 N–H and O–H groups in total. The van der Waals surface area contributed by atoms with E-state index in [4.69, 9.17) is 5.73 Å². The number of anilines is 1. The smallest absolute Gasteiger partial charge is 0.273 e. The van der Waals surface area contributed by atoms with Crippen molar-refractivity contribution in [3.8, 4) is 0 Å². The standard InChI is InChI=1S/C13H18N4OS/c1-2-4-10-11(14)12(17-16-10)13(18)15-7-6-9-5-3-8-19-9/h3,5,8H,2,4,6-7,14H2,1H3,(H,15,18)(H,16,17). The van der Waals surface area contributed by atoms with Gasteiger partial charge >= 0.3 is 0 Å². The molecule has 0 atom stereocenters. The van der Waals surface area contributed by atoms with E-state index in [9.17, 15) is 4.79 Å². The van der Waals surface area contributed by atoms with Gasteiger partial charge in [0.25, 0.3) is 5.91 Å². The molecule has 0 aromatic carbocycles. The van der Waals surface area contributed by atoms with Crippen molar-refractivity contribution in [2.45, 2.75) is 26.2 Å². The van der Waals surface area contributed by atoms with Gasteiger partial charge < -0.3 is 11.1 Å². The number of hydrogen-bond acceptors (Lipinski definition) is 4.